The molecule has 0 aromatic heterocycles. The lowest BCUT2D eigenvalue weighted by molar-refractivity contribution is -0.127. The second kappa shape index (κ2) is 9.06. The smallest absolute Gasteiger partial charge is 0.238 e. The van der Waals surface area contributed by atoms with Crippen molar-refractivity contribution < 1.29 is 14.3 Å². The van der Waals surface area contributed by atoms with E-state index in [1.807, 2.05) is 0 Å². The number of amides is 2. The number of methoxy groups -OCH3 is 1. The van der Waals surface area contributed by atoms with Gasteiger partial charge in [0.2, 0.25) is 11.8 Å². The average Bonchev–Trinajstić information content (AvgIpc) is 3.07. The van der Waals surface area contributed by atoms with Gasteiger partial charge in [0.15, 0.2) is 0 Å². The minimum absolute atomic E-state index is 0.0393. The van der Waals surface area contributed by atoms with Gasteiger partial charge in [-0.1, -0.05) is 24.4 Å². The average molecular weight is 368 g/mol. The van der Waals surface area contributed by atoms with Gasteiger partial charge in [0.05, 0.1) is 25.4 Å². The van der Waals surface area contributed by atoms with Gasteiger partial charge in [-0.2, -0.15) is 0 Å². The van der Waals surface area contributed by atoms with Crippen LogP contribution in [-0.2, 0) is 9.59 Å². The quantitative estimate of drug-likeness (QED) is 0.777. The number of likely N-dealkylation sites (N-methyl/N-ethyl adjacent to an activating group) is 1. The molecule has 0 bridgehead atoms. The summed E-state index contributed by atoms with van der Waals surface area (Å²) in [7, 11) is 3.29. The highest BCUT2D eigenvalue weighted by Crippen LogP contribution is 2.27. The highest BCUT2D eigenvalue weighted by molar-refractivity contribution is 6.31. The normalized spacial score (nSPS) is 15.9. The van der Waals surface area contributed by atoms with Crippen LogP contribution < -0.4 is 15.4 Å². The van der Waals surface area contributed by atoms with E-state index >= 15 is 0 Å². The monoisotopic (exact) mass is 367 g/mol. The topological polar surface area (TPSA) is 70.7 Å². The van der Waals surface area contributed by atoms with Crippen LogP contribution >= 0.6 is 11.6 Å². The van der Waals surface area contributed by atoms with E-state index < -0.39 is 0 Å². The molecule has 0 heterocycles. The Bertz CT molecular complexity index is 618. The van der Waals surface area contributed by atoms with E-state index in [0.717, 1.165) is 12.8 Å². The van der Waals surface area contributed by atoms with Crippen LogP contribution in [0.5, 0.6) is 5.75 Å². The summed E-state index contributed by atoms with van der Waals surface area (Å²) in [4.78, 5) is 26.3. The van der Waals surface area contributed by atoms with E-state index in [9.17, 15) is 9.59 Å². The second-order valence-corrected chi connectivity index (χ2v) is 6.91. The van der Waals surface area contributed by atoms with Crippen molar-refractivity contribution in [3.05, 3.63) is 23.2 Å². The minimum Gasteiger partial charge on any atom is -0.495 e. The molecule has 0 radical (unpaired) electrons. The zero-order valence-electron chi connectivity index (χ0n) is 15.0. The summed E-state index contributed by atoms with van der Waals surface area (Å²) in [6, 6.07) is 4.91. The molecule has 7 heteroatoms. The number of hydrogen-bond donors (Lipinski definition) is 2. The molecule has 1 unspecified atom stereocenters. The van der Waals surface area contributed by atoms with Gasteiger partial charge in [-0.05, 0) is 45.0 Å². The molecule has 6 nitrogen and oxygen atoms in total. The SMILES string of the molecule is COc1ccc(Cl)cc1NC(=O)CN(C)C(C)C(=O)NC1CCCC1. The molecule has 1 saturated carbocycles. The maximum atomic E-state index is 12.3. The predicted octanol–water partition coefficient (Wildman–Crippen LogP) is 2.67. The molecule has 25 heavy (non-hydrogen) atoms. The first-order valence-electron chi connectivity index (χ1n) is 8.54. The molecule has 1 aliphatic rings. The first-order chi connectivity index (χ1) is 11.9. The number of benzene rings is 1. The first-order valence-corrected chi connectivity index (χ1v) is 8.92. The number of carbonyl (C=O) groups is 2. The van der Waals surface area contributed by atoms with Crippen LogP contribution in [0.25, 0.3) is 0 Å². The van der Waals surface area contributed by atoms with Crippen molar-refractivity contribution in [1.29, 1.82) is 0 Å². The summed E-state index contributed by atoms with van der Waals surface area (Å²) < 4.78 is 5.22. The third-order valence-corrected chi connectivity index (χ3v) is 4.81. The van der Waals surface area contributed by atoms with Crippen molar-refractivity contribution in [2.75, 3.05) is 26.0 Å². The summed E-state index contributed by atoms with van der Waals surface area (Å²) >= 11 is 5.97. The van der Waals surface area contributed by atoms with Crippen molar-refractivity contribution in [2.45, 2.75) is 44.7 Å². The van der Waals surface area contributed by atoms with E-state index in [2.05, 4.69) is 10.6 Å². The van der Waals surface area contributed by atoms with Crippen LogP contribution in [0.3, 0.4) is 0 Å². The molecule has 1 aromatic rings. The number of nitrogens with one attached hydrogen (secondary N) is 2. The highest BCUT2D eigenvalue weighted by atomic mass is 35.5. The Morgan fingerprint density at radius 3 is 2.68 bits per heavy atom. The van der Waals surface area contributed by atoms with Gasteiger partial charge in [-0.15, -0.1) is 0 Å². The van der Waals surface area contributed by atoms with Gasteiger partial charge in [-0.3, -0.25) is 14.5 Å². The van der Waals surface area contributed by atoms with Gasteiger partial charge < -0.3 is 15.4 Å². The number of anilines is 1. The summed E-state index contributed by atoms with van der Waals surface area (Å²) in [5, 5.41) is 6.34. The van der Waals surface area contributed by atoms with Crippen molar-refractivity contribution in [1.82, 2.24) is 10.2 Å². The van der Waals surface area contributed by atoms with Crippen LogP contribution in [0, 0.1) is 0 Å². The molecule has 138 valence electrons. The van der Waals surface area contributed by atoms with Gasteiger partial charge in [0.1, 0.15) is 5.75 Å². The molecule has 2 N–H and O–H groups in total. The molecular formula is C18H26ClN3O3. The Kier molecular flexibility index (Phi) is 7.08. The molecule has 1 aliphatic carbocycles. The molecule has 2 rings (SSSR count). The fraction of sp³-hybridized carbons (Fsp3) is 0.556. The number of rotatable bonds is 7. The Hall–Kier alpha value is -1.79. The number of halogens is 1. The van der Waals surface area contributed by atoms with Crippen molar-refractivity contribution in [3.63, 3.8) is 0 Å². The van der Waals surface area contributed by atoms with Crippen LogP contribution in [0.15, 0.2) is 18.2 Å². The fourth-order valence-corrected chi connectivity index (χ4v) is 3.10. The van der Waals surface area contributed by atoms with Crippen LogP contribution in [0.1, 0.15) is 32.6 Å². The lowest BCUT2D eigenvalue weighted by atomic mass is 10.2. The van der Waals surface area contributed by atoms with Crippen LogP contribution in [0.2, 0.25) is 5.02 Å². The predicted molar refractivity (Wildman–Crippen MR) is 99.1 cm³/mol. The number of ether oxygens (including phenoxy) is 1. The number of carbonyl (C=O) groups excluding carboxylic acids is 2. The lowest BCUT2D eigenvalue weighted by Gasteiger charge is -2.25. The Morgan fingerprint density at radius 2 is 2.04 bits per heavy atom. The fourth-order valence-electron chi connectivity index (χ4n) is 2.92. The van der Waals surface area contributed by atoms with Crippen molar-refractivity contribution in [3.8, 4) is 5.75 Å². The third kappa shape index (κ3) is 5.61. The first kappa shape index (κ1) is 19.5. The van der Waals surface area contributed by atoms with E-state index in [-0.39, 0.29) is 30.4 Å². The highest BCUT2D eigenvalue weighted by Gasteiger charge is 2.24. The van der Waals surface area contributed by atoms with E-state index in [1.165, 1.54) is 20.0 Å². The standard InChI is InChI=1S/C18H26ClN3O3/c1-12(18(24)20-14-6-4-5-7-14)22(2)11-17(23)21-15-10-13(19)8-9-16(15)25-3/h8-10,12,14H,4-7,11H2,1-3H3,(H,20,24)(H,21,23). The molecule has 1 atom stereocenters. The zero-order valence-corrected chi connectivity index (χ0v) is 15.7. The van der Waals surface area contributed by atoms with Gasteiger partial charge in [0, 0.05) is 11.1 Å². The summed E-state index contributed by atoms with van der Waals surface area (Å²) in [6.07, 6.45) is 4.41. The van der Waals surface area contributed by atoms with E-state index in [0.29, 0.717) is 16.5 Å². The van der Waals surface area contributed by atoms with Crippen LogP contribution in [-0.4, -0.2) is 49.5 Å². The van der Waals surface area contributed by atoms with Gasteiger partial charge in [-0.25, -0.2) is 0 Å². The minimum atomic E-state index is -0.382. The Morgan fingerprint density at radius 1 is 1.36 bits per heavy atom. The maximum Gasteiger partial charge on any atom is 0.238 e. The molecule has 1 fully saturated rings. The van der Waals surface area contributed by atoms with Crippen molar-refractivity contribution in [2.24, 2.45) is 0 Å². The Balaban J connectivity index is 1.88. The summed E-state index contributed by atoms with van der Waals surface area (Å²) in [6.45, 7) is 1.90. The Labute approximate surface area is 153 Å². The van der Waals surface area contributed by atoms with E-state index in [1.54, 1.807) is 37.1 Å². The van der Waals surface area contributed by atoms with Gasteiger partial charge >= 0.3 is 0 Å². The third-order valence-electron chi connectivity index (χ3n) is 4.57. The molecule has 0 spiro atoms. The summed E-state index contributed by atoms with van der Waals surface area (Å²) in [5.41, 5.74) is 0.511. The molecule has 0 saturated heterocycles. The van der Waals surface area contributed by atoms with Gasteiger partial charge in [0.25, 0.3) is 0 Å². The number of nitrogens with zero attached hydrogens (tertiary/aromatic N) is 1. The number of hydrogen-bond acceptors (Lipinski definition) is 4. The van der Waals surface area contributed by atoms with Crippen molar-refractivity contribution >= 4 is 29.1 Å². The molecular weight excluding hydrogens is 342 g/mol. The molecule has 2 amide bonds. The maximum absolute atomic E-state index is 12.3. The lowest BCUT2D eigenvalue weighted by Crippen LogP contribution is -2.48. The molecule has 0 aliphatic heterocycles. The summed E-state index contributed by atoms with van der Waals surface area (Å²) in [5.74, 6) is 0.263. The van der Waals surface area contributed by atoms with E-state index in [4.69, 9.17) is 16.3 Å². The van der Waals surface area contributed by atoms with Crippen LogP contribution in [0.4, 0.5) is 5.69 Å². The molecule has 1 aromatic carbocycles. The zero-order chi connectivity index (χ0) is 18.4. The second-order valence-electron chi connectivity index (χ2n) is 6.47. The largest absolute Gasteiger partial charge is 0.495 e.